The molecular weight excluding hydrogens is 360 g/mol. The van der Waals surface area contributed by atoms with Gasteiger partial charge < -0.3 is 20.1 Å². The summed E-state index contributed by atoms with van der Waals surface area (Å²) in [4.78, 5) is 28.6. The number of methoxy groups -OCH3 is 2. The molecule has 0 aliphatic carbocycles. The highest BCUT2D eigenvalue weighted by Gasteiger charge is 2.11. The molecule has 0 spiro atoms. The zero-order valence-electron chi connectivity index (χ0n) is 15.2. The van der Waals surface area contributed by atoms with Crippen molar-refractivity contribution < 1.29 is 14.3 Å². The number of hydrogen-bond donors (Lipinski definition) is 2. The molecule has 1 aromatic heterocycles. The quantitative estimate of drug-likeness (QED) is 0.625. The molecule has 1 amide bonds. The van der Waals surface area contributed by atoms with Crippen molar-refractivity contribution in [3.8, 4) is 11.5 Å². The Labute approximate surface area is 158 Å². The lowest BCUT2D eigenvalue weighted by Crippen LogP contribution is -2.30. The molecule has 0 unspecified atom stereocenters. The number of nitrogens with zero attached hydrogens (tertiary/aromatic N) is 2. The topological polar surface area (TPSA) is 94.5 Å². The van der Waals surface area contributed by atoms with Gasteiger partial charge in [-0.1, -0.05) is 0 Å². The van der Waals surface area contributed by atoms with Crippen LogP contribution < -0.4 is 25.7 Å². The Morgan fingerprint density at radius 3 is 2.54 bits per heavy atom. The first-order valence-electron chi connectivity index (χ1n) is 8.13. The molecule has 9 heteroatoms. The van der Waals surface area contributed by atoms with Crippen LogP contribution in [0.5, 0.6) is 11.5 Å². The van der Waals surface area contributed by atoms with Crippen LogP contribution >= 0.6 is 12.4 Å². The van der Waals surface area contributed by atoms with Crippen LogP contribution in [0.15, 0.2) is 23.3 Å². The second-order valence-corrected chi connectivity index (χ2v) is 5.52. The molecule has 1 aromatic carbocycles. The van der Waals surface area contributed by atoms with E-state index in [1.54, 1.807) is 12.1 Å². The van der Waals surface area contributed by atoms with E-state index in [1.165, 1.54) is 25.1 Å². The highest BCUT2D eigenvalue weighted by atomic mass is 35.5. The number of carbonyl (C=O) groups excluding carboxylic acids is 1. The third-order valence-corrected chi connectivity index (χ3v) is 3.83. The highest BCUT2D eigenvalue weighted by Crippen LogP contribution is 2.29. The van der Waals surface area contributed by atoms with Crippen LogP contribution in [0.1, 0.15) is 12.8 Å². The van der Waals surface area contributed by atoms with Crippen LogP contribution in [0.3, 0.4) is 0 Å². The first kappa shape index (κ1) is 21.7. The van der Waals surface area contributed by atoms with Gasteiger partial charge in [0.25, 0.3) is 5.56 Å². The van der Waals surface area contributed by atoms with Gasteiger partial charge in [-0.3, -0.25) is 14.2 Å². The van der Waals surface area contributed by atoms with E-state index in [9.17, 15) is 9.59 Å². The maximum atomic E-state index is 12.6. The van der Waals surface area contributed by atoms with Crippen LogP contribution in [-0.4, -0.2) is 49.8 Å². The first-order chi connectivity index (χ1) is 12.1. The van der Waals surface area contributed by atoms with Gasteiger partial charge in [0.2, 0.25) is 5.91 Å². The predicted octanol–water partition coefficient (Wildman–Crippen LogP) is 0.951. The molecule has 0 bridgehead atoms. The molecule has 0 atom stereocenters. The number of fused-ring (bicyclic) bond motifs is 1. The minimum atomic E-state index is -0.165. The Hall–Kier alpha value is -2.32. The first-order valence-corrected chi connectivity index (χ1v) is 8.13. The minimum absolute atomic E-state index is 0. The standard InChI is InChI=1S/C17H24N4O4.ClH/c1-18-6-7-19-16(22)5-4-8-21-11-20-13-10-15(25-3)14(24-2)9-12(13)17(21)23;/h9-11,18H,4-8H2,1-3H3,(H,19,22);1H. The van der Waals surface area contributed by atoms with Crippen molar-refractivity contribution in [1.29, 1.82) is 0 Å². The number of halogens is 1. The number of rotatable bonds is 9. The number of ether oxygens (including phenoxy) is 2. The van der Waals surface area contributed by atoms with Crippen molar-refractivity contribution in [3.05, 3.63) is 28.8 Å². The number of carbonyl (C=O) groups is 1. The Morgan fingerprint density at radius 1 is 1.19 bits per heavy atom. The van der Waals surface area contributed by atoms with Gasteiger partial charge in [-0.25, -0.2) is 4.98 Å². The highest BCUT2D eigenvalue weighted by molar-refractivity contribution is 5.85. The molecular formula is C17H25ClN4O4. The van der Waals surface area contributed by atoms with Crippen LogP contribution in [0, 0.1) is 0 Å². The summed E-state index contributed by atoms with van der Waals surface area (Å²) in [5.41, 5.74) is 0.380. The summed E-state index contributed by atoms with van der Waals surface area (Å²) in [6.07, 6.45) is 2.42. The monoisotopic (exact) mass is 384 g/mol. The van der Waals surface area contributed by atoms with E-state index < -0.39 is 0 Å². The van der Waals surface area contributed by atoms with Crippen LogP contribution in [0.4, 0.5) is 0 Å². The number of hydrogen-bond acceptors (Lipinski definition) is 6. The van der Waals surface area contributed by atoms with Gasteiger partial charge in [-0.05, 0) is 19.5 Å². The van der Waals surface area contributed by atoms with E-state index in [1.807, 2.05) is 7.05 Å². The summed E-state index contributed by atoms with van der Waals surface area (Å²) >= 11 is 0. The largest absolute Gasteiger partial charge is 0.493 e. The SMILES string of the molecule is CNCCNC(=O)CCCn1cnc2cc(OC)c(OC)cc2c1=O.Cl. The molecule has 0 aliphatic heterocycles. The fourth-order valence-corrected chi connectivity index (χ4v) is 2.47. The van der Waals surface area contributed by atoms with Gasteiger partial charge in [-0.2, -0.15) is 0 Å². The van der Waals surface area contributed by atoms with Crippen molar-refractivity contribution >= 4 is 29.2 Å². The lowest BCUT2D eigenvalue weighted by Gasteiger charge is -2.10. The Balaban J connectivity index is 0.00000338. The molecule has 1 heterocycles. The normalized spacial score (nSPS) is 10.3. The Kier molecular flexibility index (Phi) is 8.87. The van der Waals surface area contributed by atoms with Gasteiger partial charge >= 0.3 is 0 Å². The Morgan fingerprint density at radius 2 is 1.88 bits per heavy atom. The molecule has 0 saturated heterocycles. The average molecular weight is 385 g/mol. The number of likely N-dealkylation sites (N-methyl/N-ethyl adjacent to an activating group) is 1. The lowest BCUT2D eigenvalue weighted by molar-refractivity contribution is -0.121. The fraction of sp³-hybridized carbons (Fsp3) is 0.471. The van der Waals surface area contributed by atoms with Gasteiger partial charge in [0.05, 0.1) is 31.4 Å². The maximum Gasteiger partial charge on any atom is 0.261 e. The smallest absolute Gasteiger partial charge is 0.261 e. The van der Waals surface area contributed by atoms with Crippen molar-refractivity contribution in [2.24, 2.45) is 0 Å². The molecule has 2 N–H and O–H groups in total. The molecule has 8 nitrogen and oxygen atoms in total. The van der Waals surface area contributed by atoms with Gasteiger partial charge in [0.15, 0.2) is 11.5 Å². The lowest BCUT2D eigenvalue weighted by atomic mass is 10.2. The number of benzene rings is 1. The summed E-state index contributed by atoms with van der Waals surface area (Å²) in [5, 5.41) is 6.22. The maximum absolute atomic E-state index is 12.6. The van der Waals surface area contributed by atoms with Crippen molar-refractivity contribution in [3.63, 3.8) is 0 Å². The predicted molar refractivity (Wildman–Crippen MR) is 103 cm³/mol. The van der Waals surface area contributed by atoms with Gasteiger partial charge in [0, 0.05) is 32.1 Å². The molecule has 26 heavy (non-hydrogen) atoms. The van der Waals surface area contributed by atoms with E-state index in [0.29, 0.717) is 48.3 Å². The molecule has 2 aromatic rings. The number of amides is 1. The van der Waals surface area contributed by atoms with E-state index in [-0.39, 0.29) is 23.9 Å². The van der Waals surface area contributed by atoms with Crippen molar-refractivity contribution in [2.45, 2.75) is 19.4 Å². The van der Waals surface area contributed by atoms with Gasteiger partial charge in [0.1, 0.15) is 0 Å². The van der Waals surface area contributed by atoms with E-state index in [4.69, 9.17) is 9.47 Å². The van der Waals surface area contributed by atoms with Gasteiger partial charge in [-0.15, -0.1) is 12.4 Å². The van der Waals surface area contributed by atoms with E-state index in [2.05, 4.69) is 15.6 Å². The summed E-state index contributed by atoms with van der Waals surface area (Å²) in [6.45, 7) is 1.75. The zero-order valence-corrected chi connectivity index (χ0v) is 16.0. The summed E-state index contributed by atoms with van der Waals surface area (Å²) < 4.78 is 12.0. The van der Waals surface area contributed by atoms with E-state index >= 15 is 0 Å². The molecule has 2 rings (SSSR count). The Bertz CT molecular complexity index is 794. The van der Waals surface area contributed by atoms with Crippen molar-refractivity contribution in [1.82, 2.24) is 20.2 Å². The minimum Gasteiger partial charge on any atom is -0.493 e. The van der Waals surface area contributed by atoms with Crippen LogP contribution in [0.25, 0.3) is 10.9 Å². The van der Waals surface area contributed by atoms with Crippen LogP contribution in [0.2, 0.25) is 0 Å². The number of nitrogens with one attached hydrogen (secondary N) is 2. The second-order valence-electron chi connectivity index (χ2n) is 5.52. The number of aromatic nitrogens is 2. The fourth-order valence-electron chi connectivity index (χ4n) is 2.47. The molecule has 0 fully saturated rings. The number of aryl methyl sites for hydroxylation is 1. The van der Waals surface area contributed by atoms with E-state index in [0.717, 1.165) is 6.54 Å². The zero-order chi connectivity index (χ0) is 18.2. The molecule has 144 valence electrons. The second kappa shape index (κ2) is 10.6. The summed E-state index contributed by atoms with van der Waals surface area (Å²) in [6, 6.07) is 3.31. The van der Waals surface area contributed by atoms with Crippen molar-refractivity contribution in [2.75, 3.05) is 34.4 Å². The van der Waals surface area contributed by atoms with Crippen LogP contribution in [-0.2, 0) is 11.3 Å². The third kappa shape index (κ3) is 5.34. The molecule has 0 radical (unpaired) electrons. The molecule has 0 saturated carbocycles. The summed E-state index contributed by atoms with van der Waals surface area (Å²) in [7, 11) is 4.88. The third-order valence-electron chi connectivity index (χ3n) is 3.83. The average Bonchev–Trinajstić information content (AvgIpc) is 2.63. The molecule has 0 aliphatic rings. The summed E-state index contributed by atoms with van der Waals surface area (Å²) in [5.74, 6) is 0.983.